The molecule has 0 unspecified atom stereocenters. The number of carbonyl (C=O) groups excluding carboxylic acids is 2. The lowest BCUT2D eigenvalue weighted by Gasteiger charge is -2.16. The number of ether oxygens (including phenoxy) is 2. The maximum Gasteiger partial charge on any atom is 0.416 e. The van der Waals surface area contributed by atoms with E-state index in [0.29, 0.717) is 18.1 Å². The predicted molar refractivity (Wildman–Crippen MR) is 95.3 cm³/mol. The van der Waals surface area contributed by atoms with Crippen molar-refractivity contribution in [2.75, 3.05) is 18.5 Å². The molecule has 0 radical (unpaired) electrons. The number of nitrogens with one attached hydrogen (secondary N) is 2. The van der Waals surface area contributed by atoms with Crippen LogP contribution < -0.4 is 25.8 Å². The zero-order valence-corrected chi connectivity index (χ0v) is 14.8. The van der Waals surface area contributed by atoms with Crippen LogP contribution in [0.15, 0.2) is 42.5 Å². The quantitative estimate of drug-likeness (QED) is 0.664. The van der Waals surface area contributed by atoms with Gasteiger partial charge in [-0.15, -0.1) is 0 Å². The number of amides is 3. The standard InChI is InChI=1S/C18H18F3N3O4/c1-2-27-12-4-6-13(7-5-12)28-15-8-3-11(18(19,20)21)9-14(15)23-10-16(25)24-17(22)26/h3-9,23H,2,10H2,1H3,(H3,22,24,25,26). The van der Waals surface area contributed by atoms with Crippen molar-refractivity contribution < 1.29 is 32.2 Å². The van der Waals surface area contributed by atoms with E-state index in [1.165, 1.54) is 0 Å². The third-order valence-corrected chi connectivity index (χ3v) is 3.37. The van der Waals surface area contributed by atoms with E-state index < -0.39 is 30.2 Å². The predicted octanol–water partition coefficient (Wildman–Crippen LogP) is 3.50. The molecule has 2 rings (SSSR count). The van der Waals surface area contributed by atoms with E-state index in [1.54, 1.807) is 29.6 Å². The van der Waals surface area contributed by atoms with Gasteiger partial charge < -0.3 is 20.5 Å². The number of alkyl halides is 3. The fourth-order valence-corrected chi connectivity index (χ4v) is 2.19. The molecular weight excluding hydrogens is 379 g/mol. The Morgan fingerprint density at radius 2 is 1.71 bits per heavy atom. The summed E-state index contributed by atoms with van der Waals surface area (Å²) >= 11 is 0. The minimum atomic E-state index is -4.58. The Morgan fingerprint density at radius 3 is 2.29 bits per heavy atom. The Balaban J connectivity index is 2.23. The summed E-state index contributed by atoms with van der Waals surface area (Å²) in [6, 6.07) is 8.21. The summed E-state index contributed by atoms with van der Waals surface area (Å²) < 4.78 is 49.9. The van der Waals surface area contributed by atoms with Crippen molar-refractivity contribution in [3.8, 4) is 17.2 Å². The average Bonchev–Trinajstić information content (AvgIpc) is 2.61. The number of carbonyl (C=O) groups is 2. The van der Waals surface area contributed by atoms with E-state index in [9.17, 15) is 22.8 Å². The van der Waals surface area contributed by atoms with Crippen LogP contribution in [-0.4, -0.2) is 25.1 Å². The minimum absolute atomic E-state index is 0.0593. The van der Waals surface area contributed by atoms with Crippen molar-refractivity contribution in [1.29, 1.82) is 0 Å². The Hall–Kier alpha value is -3.43. The van der Waals surface area contributed by atoms with Crippen molar-refractivity contribution in [3.63, 3.8) is 0 Å². The van der Waals surface area contributed by atoms with Crippen molar-refractivity contribution in [2.24, 2.45) is 5.73 Å². The molecule has 0 fully saturated rings. The normalized spacial score (nSPS) is 10.9. The Labute approximate surface area is 158 Å². The molecule has 3 amide bonds. The smallest absolute Gasteiger partial charge is 0.416 e. The van der Waals surface area contributed by atoms with Gasteiger partial charge in [0.05, 0.1) is 24.4 Å². The number of urea groups is 1. The number of imide groups is 1. The molecule has 0 spiro atoms. The van der Waals surface area contributed by atoms with Crippen molar-refractivity contribution in [2.45, 2.75) is 13.1 Å². The Morgan fingerprint density at radius 1 is 1.07 bits per heavy atom. The van der Waals surface area contributed by atoms with Gasteiger partial charge in [0.15, 0.2) is 5.75 Å². The molecule has 0 saturated heterocycles. The molecule has 0 aromatic heterocycles. The third kappa shape index (κ3) is 6.08. The van der Waals surface area contributed by atoms with Gasteiger partial charge in [-0.3, -0.25) is 10.1 Å². The monoisotopic (exact) mass is 397 g/mol. The highest BCUT2D eigenvalue weighted by Gasteiger charge is 2.31. The number of benzene rings is 2. The van der Waals surface area contributed by atoms with Crippen LogP contribution in [0.1, 0.15) is 12.5 Å². The molecule has 0 bridgehead atoms. The highest BCUT2D eigenvalue weighted by molar-refractivity contribution is 5.95. The second-order valence-corrected chi connectivity index (χ2v) is 5.48. The van der Waals surface area contributed by atoms with Crippen LogP contribution >= 0.6 is 0 Å². The van der Waals surface area contributed by atoms with Crippen LogP contribution in [0.25, 0.3) is 0 Å². The SMILES string of the molecule is CCOc1ccc(Oc2ccc(C(F)(F)F)cc2NCC(=O)NC(N)=O)cc1. The van der Waals surface area contributed by atoms with Gasteiger partial charge in [-0.1, -0.05) is 0 Å². The third-order valence-electron chi connectivity index (χ3n) is 3.37. The number of rotatable bonds is 7. The average molecular weight is 397 g/mol. The molecule has 4 N–H and O–H groups in total. The van der Waals surface area contributed by atoms with Gasteiger partial charge in [0, 0.05) is 0 Å². The molecule has 0 aliphatic carbocycles. The molecule has 10 heteroatoms. The fraction of sp³-hybridized carbons (Fsp3) is 0.222. The molecular formula is C18H18F3N3O4. The summed E-state index contributed by atoms with van der Waals surface area (Å²) in [5, 5.41) is 4.32. The molecule has 7 nitrogen and oxygen atoms in total. The van der Waals surface area contributed by atoms with Gasteiger partial charge in [-0.05, 0) is 49.4 Å². The number of hydrogen-bond acceptors (Lipinski definition) is 5. The van der Waals surface area contributed by atoms with E-state index in [2.05, 4.69) is 5.32 Å². The van der Waals surface area contributed by atoms with E-state index in [-0.39, 0.29) is 11.4 Å². The van der Waals surface area contributed by atoms with Crippen LogP contribution in [0.3, 0.4) is 0 Å². The number of primary amides is 1. The van der Waals surface area contributed by atoms with E-state index in [0.717, 1.165) is 18.2 Å². The first-order valence-electron chi connectivity index (χ1n) is 8.14. The summed E-state index contributed by atoms with van der Waals surface area (Å²) in [6.07, 6.45) is -4.58. The fourth-order valence-electron chi connectivity index (χ4n) is 2.19. The summed E-state index contributed by atoms with van der Waals surface area (Å²) in [7, 11) is 0. The van der Waals surface area contributed by atoms with Gasteiger partial charge in [-0.25, -0.2) is 4.79 Å². The number of halogens is 3. The van der Waals surface area contributed by atoms with E-state index >= 15 is 0 Å². The lowest BCUT2D eigenvalue weighted by Crippen LogP contribution is -2.38. The zero-order valence-electron chi connectivity index (χ0n) is 14.8. The molecule has 0 heterocycles. The molecule has 0 saturated carbocycles. The number of anilines is 1. The Bertz CT molecular complexity index is 839. The van der Waals surface area contributed by atoms with Gasteiger partial charge in [0.25, 0.3) is 0 Å². The van der Waals surface area contributed by atoms with Crippen LogP contribution in [0.4, 0.5) is 23.7 Å². The van der Waals surface area contributed by atoms with Crippen LogP contribution in [-0.2, 0) is 11.0 Å². The minimum Gasteiger partial charge on any atom is -0.494 e. The largest absolute Gasteiger partial charge is 0.494 e. The second kappa shape index (κ2) is 8.98. The van der Waals surface area contributed by atoms with Gasteiger partial charge in [0.2, 0.25) is 5.91 Å². The molecule has 2 aromatic carbocycles. The first-order chi connectivity index (χ1) is 13.2. The highest BCUT2D eigenvalue weighted by Crippen LogP contribution is 2.37. The number of nitrogens with two attached hydrogens (primary N) is 1. The maximum absolute atomic E-state index is 13.0. The molecule has 0 aliphatic heterocycles. The summed E-state index contributed by atoms with van der Waals surface area (Å²) in [5.74, 6) is 0.220. The van der Waals surface area contributed by atoms with Crippen LogP contribution in [0.2, 0.25) is 0 Å². The molecule has 0 aliphatic rings. The highest BCUT2D eigenvalue weighted by atomic mass is 19.4. The van der Waals surface area contributed by atoms with Crippen LogP contribution in [0, 0.1) is 0 Å². The lowest BCUT2D eigenvalue weighted by molar-refractivity contribution is -0.137. The van der Waals surface area contributed by atoms with Gasteiger partial charge in [-0.2, -0.15) is 13.2 Å². The second-order valence-electron chi connectivity index (χ2n) is 5.48. The van der Waals surface area contributed by atoms with Crippen molar-refractivity contribution >= 4 is 17.6 Å². The first-order valence-corrected chi connectivity index (χ1v) is 8.14. The summed E-state index contributed by atoms with van der Waals surface area (Å²) in [4.78, 5) is 22.2. The summed E-state index contributed by atoms with van der Waals surface area (Å²) in [5.41, 5.74) is 3.82. The van der Waals surface area contributed by atoms with Crippen molar-refractivity contribution in [3.05, 3.63) is 48.0 Å². The maximum atomic E-state index is 13.0. The molecule has 0 atom stereocenters. The van der Waals surface area contributed by atoms with Gasteiger partial charge >= 0.3 is 12.2 Å². The molecule has 2 aromatic rings. The van der Waals surface area contributed by atoms with Gasteiger partial charge in [0.1, 0.15) is 11.5 Å². The van der Waals surface area contributed by atoms with Crippen LogP contribution in [0.5, 0.6) is 17.2 Å². The van der Waals surface area contributed by atoms with E-state index in [4.69, 9.17) is 15.2 Å². The number of hydrogen-bond donors (Lipinski definition) is 3. The van der Waals surface area contributed by atoms with Crippen molar-refractivity contribution in [1.82, 2.24) is 5.32 Å². The lowest BCUT2D eigenvalue weighted by atomic mass is 10.1. The molecule has 28 heavy (non-hydrogen) atoms. The van der Waals surface area contributed by atoms with E-state index in [1.807, 2.05) is 6.92 Å². The zero-order chi connectivity index (χ0) is 20.7. The first kappa shape index (κ1) is 20.9. The summed E-state index contributed by atoms with van der Waals surface area (Å²) in [6.45, 7) is 1.84. The Kier molecular flexibility index (Phi) is 6.69. The topological polar surface area (TPSA) is 103 Å². The molecule has 150 valence electrons.